The molecule has 1 atom stereocenters. The number of nitrogens with zero attached hydrogens (tertiary/aromatic N) is 1. The lowest BCUT2D eigenvalue weighted by Crippen LogP contribution is -2.41. The molecule has 19 heavy (non-hydrogen) atoms. The van der Waals surface area contributed by atoms with Crippen molar-refractivity contribution in [2.24, 2.45) is 0 Å². The van der Waals surface area contributed by atoms with Crippen LogP contribution < -0.4 is 10.6 Å². The van der Waals surface area contributed by atoms with Gasteiger partial charge in [0.15, 0.2) is 0 Å². The molecule has 1 aliphatic rings. The van der Waals surface area contributed by atoms with Gasteiger partial charge in [-0.3, -0.25) is 4.90 Å². The van der Waals surface area contributed by atoms with E-state index in [1.807, 2.05) is 20.8 Å². The fourth-order valence-electron chi connectivity index (χ4n) is 2.19. The van der Waals surface area contributed by atoms with E-state index in [1.165, 1.54) is 25.9 Å². The summed E-state index contributed by atoms with van der Waals surface area (Å²) < 4.78 is 5.16. The van der Waals surface area contributed by atoms with Crippen molar-refractivity contribution < 1.29 is 9.53 Å². The number of alkyl carbamates (subject to hydrolysis) is 1. The Kier molecular flexibility index (Phi) is 6.58. The Morgan fingerprint density at radius 2 is 1.89 bits per heavy atom. The first-order chi connectivity index (χ1) is 8.88. The van der Waals surface area contributed by atoms with Crippen LogP contribution in [-0.2, 0) is 4.74 Å². The quantitative estimate of drug-likeness (QED) is 0.720. The number of rotatable bonds is 6. The van der Waals surface area contributed by atoms with E-state index in [9.17, 15) is 4.79 Å². The molecule has 1 amide bonds. The van der Waals surface area contributed by atoms with E-state index in [-0.39, 0.29) is 6.09 Å². The zero-order valence-electron chi connectivity index (χ0n) is 12.8. The maximum atomic E-state index is 11.4. The summed E-state index contributed by atoms with van der Waals surface area (Å²) in [6, 6.07) is 0.573. The minimum absolute atomic E-state index is 0.345. The maximum Gasteiger partial charge on any atom is 0.407 e. The molecule has 5 heteroatoms. The van der Waals surface area contributed by atoms with Crippen molar-refractivity contribution in [2.75, 3.05) is 32.7 Å². The van der Waals surface area contributed by atoms with E-state index in [1.54, 1.807) is 0 Å². The smallest absolute Gasteiger partial charge is 0.407 e. The van der Waals surface area contributed by atoms with Crippen molar-refractivity contribution in [3.05, 3.63) is 0 Å². The molecule has 1 heterocycles. The summed E-state index contributed by atoms with van der Waals surface area (Å²) in [6.45, 7) is 12.6. The summed E-state index contributed by atoms with van der Waals surface area (Å²) in [5.41, 5.74) is -0.429. The number of amides is 1. The Labute approximate surface area is 117 Å². The highest BCUT2D eigenvalue weighted by Gasteiger charge is 2.17. The van der Waals surface area contributed by atoms with Crippen molar-refractivity contribution in [3.8, 4) is 0 Å². The molecule has 5 nitrogen and oxygen atoms in total. The molecule has 1 saturated heterocycles. The third-order valence-electron chi connectivity index (χ3n) is 3.17. The zero-order valence-corrected chi connectivity index (χ0v) is 12.8. The Bertz CT molecular complexity index is 270. The van der Waals surface area contributed by atoms with E-state index < -0.39 is 5.60 Å². The Balaban J connectivity index is 2.00. The van der Waals surface area contributed by atoms with Gasteiger partial charge in [0.2, 0.25) is 0 Å². The van der Waals surface area contributed by atoms with Crippen LogP contribution in [0.3, 0.4) is 0 Å². The SMILES string of the molecule is CC(CNCCNC(=O)OC(C)(C)C)N1CCCC1. The molecule has 0 aromatic heterocycles. The molecular formula is C14H29N3O2. The van der Waals surface area contributed by atoms with E-state index in [0.717, 1.165) is 13.1 Å². The van der Waals surface area contributed by atoms with Crippen molar-refractivity contribution >= 4 is 6.09 Å². The van der Waals surface area contributed by atoms with Crippen molar-refractivity contribution in [3.63, 3.8) is 0 Å². The number of ether oxygens (including phenoxy) is 1. The molecule has 1 unspecified atom stereocenters. The summed E-state index contributed by atoms with van der Waals surface area (Å²) in [5, 5.41) is 6.11. The Morgan fingerprint density at radius 3 is 2.47 bits per heavy atom. The largest absolute Gasteiger partial charge is 0.444 e. The number of nitrogens with one attached hydrogen (secondary N) is 2. The highest BCUT2D eigenvalue weighted by Crippen LogP contribution is 2.10. The van der Waals surface area contributed by atoms with Gasteiger partial charge in [-0.25, -0.2) is 4.79 Å². The van der Waals surface area contributed by atoms with Crippen LogP contribution in [0.5, 0.6) is 0 Å². The zero-order chi connectivity index (χ0) is 14.3. The number of likely N-dealkylation sites (tertiary alicyclic amines) is 1. The van der Waals surface area contributed by atoms with Crippen LogP contribution in [0.25, 0.3) is 0 Å². The minimum atomic E-state index is -0.429. The van der Waals surface area contributed by atoms with Crippen LogP contribution in [0.15, 0.2) is 0 Å². The molecule has 0 saturated carbocycles. The van der Waals surface area contributed by atoms with Gasteiger partial charge in [0.25, 0.3) is 0 Å². The fraction of sp³-hybridized carbons (Fsp3) is 0.929. The lowest BCUT2D eigenvalue weighted by Gasteiger charge is -2.24. The predicted molar refractivity (Wildman–Crippen MR) is 77.4 cm³/mol. The summed E-state index contributed by atoms with van der Waals surface area (Å²) in [7, 11) is 0. The molecule has 0 aliphatic carbocycles. The molecule has 0 aromatic rings. The van der Waals surface area contributed by atoms with Crippen LogP contribution >= 0.6 is 0 Å². The van der Waals surface area contributed by atoms with E-state index in [4.69, 9.17) is 4.74 Å². The second kappa shape index (κ2) is 7.70. The van der Waals surface area contributed by atoms with Crippen LogP contribution in [-0.4, -0.2) is 55.4 Å². The molecule has 1 fully saturated rings. The van der Waals surface area contributed by atoms with Crippen LogP contribution in [0.1, 0.15) is 40.5 Å². The predicted octanol–water partition coefficient (Wildman–Crippen LogP) is 1.58. The normalized spacial score (nSPS) is 18.3. The van der Waals surface area contributed by atoms with Gasteiger partial charge in [-0.2, -0.15) is 0 Å². The van der Waals surface area contributed by atoms with E-state index in [2.05, 4.69) is 22.5 Å². The second-order valence-corrected chi connectivity index (χ2v) is 6.22. The number of hydrogen-bond donors (Lipinski definition) is 2. The average Bonchev–Trinajstić information content (AvgIpc) is 2.79. The first kappa shape index (κ1) is 16.2. The number of carbonyl (C=O) groups is 1. The molecule has 0 spiro atoms. The summed E-state index contributed by atoms with van der Waals surface area (Å²) in [6.07, 6.45) is 2.30. The monoisotopic (exact) mass is 271 g/mol. The van der Waals surface area contributed by atoms with Crippen molar-refractivity contribution in [1.82, 2.24) is 15.5 Å². The highest BCUT2D eigenvalue weighted by atomic mass is 16.6. The molecule has 1 aliphatic heterocycles. The molecule has 0 bridgehead atoms. The fourth-order valence-corrected chi connectivity index (χ4v) is 2.19. The first-order valence-corrected chi connectivity index (χ1v) is 7.30. The summed E-state index contributed by atoms with van der Waals surface area (Å²) in [4.78, 5) is 13.9. The summed E-state index contributed by atoms with van der Waals surface area (Å²) in [5.74, 6) is 0. The van der Waals surface area contributed by atoms with Crippen LogP contribution in [0.4, 0.5) is 4.79 Å². The van der Waals surface area contributed by atoms with Gasteiger partial charge in [0.1, 0.15) is 5.60 Å². The third-order valence-corrected chi connectivity index (χ3v) is 3.17. The van der Waals surface area contributed by atoms with Crippen LogP contribution in [0.2, 0.25) is 0 Å². The molecular weight excluding hydrogens is 242 g/mol. The van der Waals surface area contributed by atoms with Gasteiger partial charge in [-0.15, -0.1) is 0 Å². The standard InChI is InChI=1S/C14H29N3O2/c1-12(17-9-5-6-10-17)11-15-7-8-16-13(18)19-14(2,3)4/h12,15H,5-11H2,1-4H3,(H,16,18). The Hall–Kier alpha value is -0.810. The number of carbonyl (C=O) groups excluding carboxylic acids is 1. The second-order valence-electron chi connectivity index (χ2n) is 6.22. The van der Waals surface area contributed by atoms with E-state index >= 15 is 0 Å². The first-order valence-electron chi connectivity index (χ1n) is 7.30. The van der Waals surface area contributed by atoms with Gasteiger partial charge < -0.3 is 15.4 Å². The Morgan fingerprint density at radius 1 is 1.26 bits per heavy atom. The van der Waals surface area contributed by atoms with Gasteiger partial charge in [0, 0.05) is 25.7 Å². The molecule has 0 radical (unpaired) electrons. The third kappa shape index (κ3) is 7.38. The van der Waals surface area contributed by atoms with Gasteiger partial charge >= 0.3 is 6.09 Å². The van der Waals surface area contributed by atoms with Gasteiger partial charge in [0.05, 0.1) is 0 Å². The maximum absolute atomic E-state index is 11.4. The lowest BCUT2D eigenvalue weighted by atomic mass is 10.2. The average molecular weight is 271 g/mol. The summed E-state index contributed by atoms with van der Waals surface area (Å²) >= 11 is 0. The van der Waals surface area contributed by atoms with Crippen molar-refractivity contribution in [1.29, 1.82) is 0 Å². The molecule has 2 N–H and O–H groups in total. The van der Waals surface area contributed by atoms with Gasteiger partial charge in [-0.05, 0) is 53.6 Å². The molecule has 0 aromatic carbocycles. The van der Waals surface area contributed by atoms with Crippen LogP contribution in [0, 0.1) is 0 Å². The topological polar surface area (TPSA) is 53.6 Å². The van der Waals surface area contributed by atoms with E-state index in [0.29, 0.717) is 12.6 Å². The molecule has 1 rings (SSSR count). The van der Waals surface area contributed by atoms with Gasteiger partial charge in [-0.1, -0.05) is 0 Å². The lowest BCUT2D eigenvalue weighted by molar-refractivity contribution is 0.0528. The van der Waals surface area contributed by atoms with Crippen molar-refractivity contribution in [2.45, 2.75) is 52.2 Å². The number of hydrogen-bond acceptors (Lipinski definition) is 4. The molecule has 112 valence electrons. The minimum Gasteiger partial charge on any atom is -0.444 e. The highest BCUT2D eigenvalue weighted by molar-refractivity contribution is 5.67.